The van der Waals surface area contributed by atoms with Gasteiger partial charge in [0.2, 0.25) is 5.91 Å². The fraction of sp³-hybridized carbons (Fsp3) is 0.478. The van der Waals surface area contributed by atoms with E-state index in [2.05, 4.69) is 50.9 Å². The number of amides is 1. The van der Waals surface area contributed by atoms with Crippen LogP contribution in [0, 0.1) is 6.92 Å². The van der Waals surface area contributed by atoms with E-state index in [1.807, 2.05) is 29.3 Å². The summed E-state index contributed by atoms with van der Waals surface area (Å²) in [4.78, 5) is 26.2. The maximum Gasteiger partial charge on any atom is 0.236 e. The summed E-state index contributed by atoms with van der Waals surface area (Å²) >= 11 is 0. The van der Waals surface area contributed by atoms with Crippen molar-refractivity contribution in [2.75, 3.05) is 63.8 Å². The maximum absolute atomic E-state index is 12.8. The molecule has 29 heavy (non-hydrogen) atoms. The summed E-state index contributed by atoms with van der Waals surface area (Å²) in [5.41, 5.74) is 2.69. The van der Waals surface area contributed by atoms with E-state index >= 15 is 0 Å². The van der Waals surface area contributed by atoms with Gasteiger partial charge in [-0.3, -0.25) is 14.6 Å². The summed E-state index contributed by atoms with van der Waals surface area (Å²) in [6, 6.07) is 14.7. The predicted molar refractivity (Wildman–Crippen MR) is 116 cm³/mol. The van der Waals surface area contributed by atoms with Gasteiger partial charge in [0.25, 0.3) is 0 Å². The van der Waals surface area contributed by atoms with Crippen LogP contribution in [0.25, 0.3) is 0 Å². The number of carbonyl (C=O) groups is 1. The zero-order chi connectivity index (χ0) is 20.1. The van der Waals surface area contributed by atoms with Gasteiger partial charge in [-0.2, -0.15) is 0 Å². The second kappa shape index (κ2) is 9.37. The molecule has 0 aliphatic carbocycles. The average Bonchev–Trinajstić information content (AvgIpc) is 2.76. The Labute approximate surface area is 173 Å². The van der Waals surface area contributed by atoms with Gasteiger partial charge in [-0.25, -0.2) is 4.98 Å². The Morgan fingerprint density at radius 3 is 2.34 bits per heavy atom. The van der Waals surface area contributed by atoms with Crippen LogP contribution < -0.4 is 4.90 Å². The third-order valence-corrected chi connectivity index (χ3v) is 5.92. The number of carbonyl (C=O) groups excluding carboxylic acids is 1. The highest BCUT2D eigenvalue weighted by atomic mass is 16.2. The Balaban J connectivity index is 1.19. The molecule has 2 aliphatic rings. The molecule has 1 amide bonds. The van der Waals surface area contributed by atoms with E-state index in [0.717, 1.165) is 64.7 Å². The number of hydrogen-bond donors (Lipinski definition) is 0. The van der Waals surface area contributed by atoms with E-state index in [4.69, 9.17) is 0 Å². The molecule has 0 spiro atoms. The van der Waals surface area contributed by atoms with Gasteiger partial charge in [0.15, 0.2) is 0 Å². The summed E-state index contributed by atoms with van der Waals surface area (Å²) in [6.45, 7) is 10.9. The highest BCUT2D eigenvalue weighted by Gasteiger charge is 2.25. The van der Waals surface area contributed by atoms with Gasteiger partial charge >= 0.3 is 0 Å². The molecular formula is C23H31N5O. The van der Waals surface area contributed by atoms with Gasteiger partial charge in [-0.15, -0.1) is 0 Å². The molecular weight excluding hydrogens is 362 g/mol. The number of hydrogen-bond acceptors (Lipinski definition) is 5. The van der Waals surface area contributed by atoms with Crippen LogP contribution in [0.1, 0.15) is 11.1 Å². The molecule has 1 aromatic carbocycles. The van der Waals surface area contributed by atoms with Crippen LogP contribution in [0.4, 0.5) is 5.82 Å². The van der Waals surface area contributed by atoms with Crippen LogP contribution in [0.15, 0.2) is 48.7 Å². The lowest BCUT2D eigenvalue weighted by Crippen LogP contribution is -2.53. The molecule has 0 bridgehead atoms. The van der Waals surface area contributed by atoms with E-state index in [1.165, 1.54) is 11.1 Å². The van der Waals surface area contributed by atoms with Crippen LogP contribution in [-0.4, -0.2) is 84.5 Å². The fourth-order valence-corrected chi connectivity index (χ4v) is 4.19. The molecule has 2 aromatic rings. The largest absolute Gasteiger partial charge is 0.353 e. The molecule has 2 saturated heterocycles. The number of benzene rings is 1. The molecule has 4 rings (SSSR count). The van der Waals surface area contributed by atoms with Crippen molar-refractivity contribution in [1.29, 1.82) is 0 Å². The number of aryl methyl sites for hydroxylation is 1. The lowest BCUT2D eigenvalue weighted by molar-refractivity contribution is -0.133. The maximum atomic E-state index is 12.8. The molecule has 0 atom stereocenters. The van der Waals surface area contributed by atoms with Gasteiger partial charge in [0, 0.05) is 65.1 Å². The van der Waals surface area contributed by atoms with Crippen molar-refractivity contribution >= 4 is 11.7 Å². The van der Waals surface area contributed by atoms with Crippen molar-refractivity contribution in [3.8, 4) is 0 Å². The molecule has 2 fully saturated rings. The van der Waals surface area contributed by atoms with E-state index in [9.17, 15) is 4.79 Å². The molecule has 154 valence electrons. The average molecular weight is 394 g/mol. The lowest BCUT2D eigenvalue weighted by atomic mass is 10.1. The third-order valence-electron chi connectivity index (χ3n) is 5.92. The van der Waals surface area contributed by atoms with Gasteiger partial charge in [0.1, 0.15) is 5.82 Å². The minimum atomic E-state index is 0.262. The van der Waals surface area contributed by atoms with Crippen LogP contribution in [-0.2, 0) is 11.3 Å². The number of nitrogens with zero attached hydrogens (tertiary/aromatic N) is 5. The Bertz CT molecular complexity index is 796. The first-order chi connectivity index (χ1) is 14.2. The van der Waals surface area contributed by atoms with Crippen molar-refractivity contribution in [3.63, 3.8) is 0 Å². The minimum absolute atomic E-state index is 0.262. The summed E-state index contributed by atoms with van der Waals surface area (Å²) in [7, 11) is 0. The van der Waals surface area contributed by atoms with Gasteiger partial charge < -0.3 is 9.80 Å². The summed E-state index contributed by atoms with van der Waals surface area (Å²) in [6.07, 6.45) is 1.82. The van der Waals surface area contributed by atoms with E-state index < -0.39 is 0 Å². The summed E-state index contributed by atoms with van der Waals surface area (Å²) in [5.74, 6) is 1.27. The van der Waals surface area contributed by atoms with Crippen LogP contribution in [0.5, 0.6) is 0 Å². The van der Waals surface area contributed by atoms with Crippen LogP contribution >= 0.6 is 0 Å². The Hall–Kier alpha value is -2.44. The number of piperazine rings is 2. The van der Waals surface area contributed by atoms with Crippen LogP contribution in [0.2, 0.25) is 0 Å². The van der Waals surface area contributed by atoms with Gasteiger partial charge in [-0.05, 0) is 24.6 Å². The van der Waals surface area contributed by atoms with Gasteiger partial charge in [0.05, 0.1) is 6.54 Å². The highest BCUT2D eigenvalue weighted by molar-refractivity contribution is 5.78. The second-order valence-electron chi connectivity index (χ2n) is 8.10. The van der Waals surface area contributed by atoms with Crippen LogP contribution in [0.3, 0.4) is 0 Å². The molecule has 2 aliphatic heterocycles. The number of rotatable bonds is 5. The highest BCUT2D eigenvalue weighted by Crippen LogP contribution is 2.14. The zero-order valence-electron chi connectivity index (χ0n) is 17.3. The Kier molecular flexibility index (Phi) is 6.42. The SMILES string of the molecule is Cc1cccc(CN2CCN(CC(=O)N3CCN(c4ccccn4)CC3)CC2)c1. The van der Waals surface area contributed by atoms with Crippen molar-refractivity contribution in [2.24, 2.45) is 0 Å². The predicted octanol–water partition coefficient (Wildman–Crippen LogP) is 1.86. The third kappa shape index (κ3) is 5.34. The Morgan fingerprint density at radius 2 is 1.66 bits per heavy atom. The van der Waals surface area contributed by atoms with Crippen molar-refractivity contribution in [3.05, 3.63) is 59.8 Å². The number of aromatic nitrogens is 1. The first-order valence-electron chi connectivity index (χ1n) is 10.6. The van der Waals surface area contributed by atoms with Crippen molar-refractivity contribution < 1.29 is 4.79 Å². The smallest absolute Gasteiger partial charge is 0.236 e. The van der Waals surface area contributed by atoms with Crippen molar-refractivity contribution in [1.82, 2.24) is 19.7 Å². The summed E-state index contributed by atoms with van der Waals surface area (Å²) in [5, 5.41) is 0. The van der Waals surface area contributed by atoms with Crippen molar-refractivity contribution in [2.45, 2.75) is 13.5 Å². The lowest BCUT2D eigenvalue weighted by Gasteiger charge is -2.38. The first kappa shape index (κ1) is 19.9. The van der Waals surface area contributed by atoms with E-state index in [1.54, 1.807) is 0 Å². The van der Waals surface area contributed by atoms with E-state index in [0.29, 0.717) is 6.54 Å². The Morgan fingerprint density at radius 1 is 0.897 bits per heavy atom. The second-order valence-corrected chi connectivity index (χ2v) is 8.10. The monoisotopic (exact) mass is 393 g/mol. The quantitative estimate of drug-likeness (QED) is 0.776. The molecule has 6 nitrogen and oxygen atoms in total. The standard InChI is InChI=1S/C23H31N5O/c1-20-5-4-6-21(17-20)18-25-9-11-26(12-10-25)19-23(29)28-15-13-27(14-16-28)22-7-2-3-8-24-22/h2-8,17H,9-16,18-19H2,1H3. The van der Waals surface area contributed by atoms with Gasteiger partial charge in [-0.1, -0.05) is 35.9 Å². The molecule has 0 radical (unpaired) electrons. The summed E-state index contributed by atoms with van der Waals surface area (Å²) < 4.78 is 0. The zero-order valence-corrected chi connectivity index (χ0v) is 17.3. The molecule has 0 N–H and O–H groups in total. The molecule has 6 heteroatoms. The topological polar surface area (TPSA) is 42.9 Å². The molecule has 3 heterocycles. The molecule has 1 aromatic heterocycles. The van der Waals surface area contributed by atoms with E-state index in [-0.39, 0.29) is 5.91 Å². The fourth-order valence-electron chi connectivity index (χ4n) is 4.19. The first-order valence-corrected chi connectivity index (χ1v) is 10.6. The number of pyridine rings is 1. The normalized spacial score (nSPS) is 18.8. The minimum Gasteiger partial charge on any atom is -0.353 e. The molecule has 0 unspecified atom stereocenters. The molecule has 0 saturated carbocycles. The number of anilines is 1.